The third-order valence-corrected chi connectivity index (χ3v) is 10.5. The van der Waals surface area contributed by atoms with Crippen molar-refractivity contribution in [1.29, 1.82) is 0 Å². The Kier molecular flexibility index (Phi) is 6.84. The first-order valence-corrected chi connectivity index (χ1v) is 13.1. The summed E-state index contributed by atoms with van der Waals surface area (Å²) < 4.78 is 37.9. The van der Waals surface area contributed by atoms with Crippen molar-refractivity contribution in [3.05, 3.63) is 11.6 Å². The highest BCUT2D eigenvalue weighted by Crippen LogP contribution is 2.65. The van der Waals surface area contributed by atoms with Crippen LogP contribution in [0.25, 0.3) is 0 Å². The van der Waals surface area contributed by atoms with Crippen LogP contribution in [0, 0.1) is 40.9 Å². The Morgan fingerprint density at radius 2 is 1.84 bits per heavy atom. The second-order valence-electron chi connectivity index (χ2n) is 12.0. The Bertz CT molecular complexity index is 704. The Labute approximate surface area is 192 Å². The van der Waals surface area contributed by atoms with Gasteiger partial charge in [-0.15, -0.1) is 0 Å². The number of hydrogen-bond acceptors (Lipinski definition) is 2. The van der Waals surface area contributed by atoms with Gasteiger partial charge in [0.15, 0.2) is 0 Å². The van der Waals surface area contributed by atoms with Crippen molar-refractivity contribution in [1.82, 2.24) is 0 Å². The molecule has 3 saturated carbocycles. The van der Waals surface area contributed by atoms with E-state index in [0.717, 1.165) is 56.3 Å². The molecule has 0 amide bonds. The number of aliphatic hydroxyl groups excluding tert-OH is 1. The molecule has 0 heterocycles. The quantitative estimate of drug-likeness (QED) is 0.421. The van der Waals surface area contributed by atoms with E-state index in [4.69, 9.17) is 0 Å². The van der Waals surface area contributed by atoms with Crippen molar-refractivity contribution < 1.29 is 23.4 Å². The van der Waals surface area contributed by atoms with E-state index < -0.39 is 17.9 Å². The maximum atomic E-state index is 12.6. The molecule has 0 aromatic rings. The van der Waals surface area contributed by atoms with Gasteiger partial charge >= 0.3 is 6.18 Å². The summed E-state index contributed by atoms with van der Waals surface area (Å²) in [6.07, 6.45) is 6.71. The summed E-state index contributed by atoms with van der Waals surface area (Å²) in [6.45, 7) is 6.81. The van der Waals surface area contributed by atoms with E-state index in [9.17, 15) is 23.4 Å². The van der Waals surface area contributed by atoms with E-state index in [2.05, 4.69) is 26.8 Å². The maximum Gasteiger partial charge on any atom is 0.414 e. The largest absolute Gasteiger partial charge is 0.414 e. The lowest BCUT2D eigenvalue weighted by Crippen LogP contribution is -2.48. The monoisotopic (exact) mass is 456 g/mol. The lowest BCUT2D eigenvalue weighted by atomic mass is 9.50. The van der Waals surface area contributed by atoms with Crippen LogP contribution in [0.1, 0.15) is 97.8 Å². The fourth-order valence-corrected chi connectivity index (χ4v) is 8.64. The van der Waals surface area contributed by atoms with E-state index in [1.165, 1.54) is 31.3 Å². The third-order valence-electron chi connectivity index (χ3n) is 10.5. The fraction of sp³-hybridized carbons (Fsp3) is 0.926. The Morgan fingerprint density at radius 3 is 2.53 bits per heavy atom. The SMILES string of the molecule is CC[C@]1(O)CC[C@H]2C(=CC[C@@H]3[C@@H]2CC[C@]2(C)[C@@H]([C@H](C)CCC[C@@H](O)C(F)(F)F)CC[C@@H]32)C1. The van der Waals surface area contributed by atoms with Crippen molar-refractivity contribution >= 4 is 0 Å². The standard InChI is InChI=1S/C27H43F3O2/c1-4-26(32)15-13-19-18(16-26)8-9-21-20(19)12-14-25(3)22(10-11-23(21)25)17(2)6-5-7-24(31)27(28,29)30/h8,17,19-24,31-32H,4-7,9-16H2,1-3H3/t17-,19+,20-,21-,22-,23+,24-,25-,26+/m1/s1. The van der Waals surface area contributed by atoms with E-state index in [-0.39, 0.29) is 6.42 Å². The van der Waals surface area contributed by atoms with Gasteiger partial charge in [-0.3, -0.25) is 0 Å². The minimum atomic E-state index is -4.49. The maximum absolute atomic E-state index is 12.6. The molecular formula is C27H43F3O2. The summed E-state index contributed by atoms with van der Waals surface area (Å²) in [5.74, 6) is 3.86. The zero-order valence-electron chi connectivity index (χ0n) is 20.1. The minimum Gasteiger partial charge on any atom is -0.390 e. The van der Waals surface area contributed by atoms with Crippen molar-refractivity contribution in [2.75, 3.05) is 0 Å². The summed E-state index contributed by atoms with van der Waals surface area (Å²) in [4.78, 5) is 0. The normalized spacial score (nSPS) is 43.6. The predicted molar refractivity (Wildman–Crippen MR) is 121 cm³/mol. The molecule has 32 heavy (non-hydrogen) atoms. The van der Waals surface area contributed by atoms with E-state index in [0.29, 0.717) is 29.6 Å². The molecule has 4 rings (SSSR count). The Hall–Kier alpha value is -0.550. The van der Waals surface area contributed by atoms with Crippen molar-refractivity contribution in [2.24, 2.45) is 40.9 Å². The summed E-state index contributed by atoms with van der Waals surface area (Å²) in [6, 6.07) is 0. The summed E-state index contributed by atoms with van der Waals surface area (Å²) in [7, 11) is 0. The first-order chi connectivity index (χ1) is 15.0. The van der Waals surface area contributed by atoms with Gasteiger partial charge in [0.05, 0.1) is 5.60 Å². The van der Waals surface area contributed by atoms with Crippen molar-refractivity contribution in [3.8, 4) is 0 Å². The van der Waals surface area contributed by atoms with Gasteiger partial charge in [0.25, 0.3) is 0 Å². The summed E-state index contributed by atoms with van der Waals surface area (Å²) >= 11 is 0. The zero-order valence-corrected chi connectivity index (χ0v) is 20.1. The molecule has 0 bridgehead atoms. The number of allylic oxidation sites excluding steroid dienone is 1. The average Bonchev–Trinajstić information content (AvgIpc) is 3.09. The molecule has 4 aliphatic carbocycles. The van der Waals surface area contributed by atoms with E-state index >= 15 is 0 Å². The number of aliphatic hydroxyl groups is 2. The van der Waals surface area contributed by atoms with Gasteiger partial charge in [-0.1, -0.05) is 45.3 Å². The first kappa shape index (κ1) is 24.6. The van der Waals surface area contributed by atoms with Crippen molar-refractivity contribution in [3.63, 3.8) is 0 Å². The highest BCUT2D eigenvalue weighted by atomic mass is 19.4. The number of fused-ring (bicyclic) bond motifs is 5. The highest BCUT2D eigenvalue weighted by molar-refractivity contribution is 5.22. The molecule has 0 unspecified atom stereocenters. The highest BCUT2D eigenvalue weighted by Gasteiger charge is 2.57. The van der Waals surface area contributed by atoms with E-state index in [1.54, 1.807) is 0 Å². The topological polar surface area (TPSA) is 40.5 Å². The predicted octanol–water partition coefficient (Wildman–Crippen LogP) is 7.05. The van der Waals surface area contributed by atoms with Gasteiger partial charge in [-0.05, 0) is 105 Å². The summed E-state index contributed by atoms with van der Waals surface area (Å²) in [5.41, 5.74) is 1.33. The molecule has 0 aliphatic heterocycles. The number of rotatable bonds is 6. The number of hydrogen-bond donors (Lipinski definition) is 2. The fourth-order valence-electron chi connectivity index (χ4n) is 8.64. The van der Waals surface area contributed by atoms with Crippen LogP contribution in [0.2, 0.25) is 0 Å². The van der Waals surface area contributed by atoms with Crippen LogP contribution in [0.5, 0.6) is 0 Å². The average molecular weight is 457 g/mol. The molecule has 0 saturated heterocycles. The van der Waals surface area contributed by atoms with Gasteiger partial charge < -0.3 is 10.2 Å². The second-order valence-corrected chi connectivity index (χ2v) is 12.0. The van der Waals surface area contributed by atoms with Gasteiger partial charge in [0.2, 0.25) is 0 Å². The molecular weight excluding hydrogens is 413 g/mol. The van der Waals surface area contributed by atoms with Crippen LogP contribution < -0.4 is 0 Å². The van der Waals surface area contributed by atoms with Gasteiger partial charge in [0.1, 0.15) is 6.10 Å². The molecule has 0 radical (unpaired) electrons. The summed E-state index contributed by atoms with van der Waals surface area (Å²) in [5, 5.41) is 20.2. The smallest absolute Gasteiger partial charge is 0.390 e. The van der Waals surface area contributed by atoms with Gasteiger partial charge in [0, 0.05) is 0 Å². The van der Waals surface area contributed by atoms with Crippen LogP contribution in [-0.2, 0) is 0 Å². The minimum absolute atomic E-state index is 0.176. The number of alkyl halides is 3. The van der Waals surface area contributed by atoms with Gasteiger partial charge in [-0.25, -0.2) is 0 Å². The molecule has 2 nitrogen and oxygen atoms in total. The van der Waals surface area contributed by atoms with Crippen molar-refractivity contribution in [2.45, 2.75) is 116 Å². The van der Waals surface area contributed by atoms with E-state index in [1.807, 2.05) is 0 Å². The van der Waals surface area contributed by atoms with Crippen LogP contribution in [-0.4, -0.2) is 28.1 Å². The molecule has 4 aliphatic rings. The third kappa shape index (κ3) is 4.42. The Balaban J connectivity index is 1.40. The van der Waals surface area contributed by atoms with Crippen LogP contribution in [0.3, 0.4) is 0 Å². The molecule has 0 spiro atoms. The van der Waals surface area contributed by atoms with Crippen LogP contribution in [0.4, 0.5) is 13.2 Å². The second kappa shape index (κ2) is 8.91. The molecule has 3 fully saturated rings. The molecule has 184 valence electrons. The van der Waals surface area contributed by atoms with Crippen LogP contribution in [0.15, 0.2) is 11.6 Å². The van der Waals surface area contributed by atoms with Gasteiger partial charge in [-0.2, -0.15) is 13.2 Å². The molecule has 2 N–H and O–H groups in total. The molecule has 9 atom stereocenters. The first-order valence-electron chi connectivity index (χ1n) is 13.1. The molecule has 0 aromatic heterocycles. The van der Waals surface area contributed by atoms with Crippen LogP contribution >= 0.6 is 0 Å². The molecule has 0 aromatic carbocycles. The lowest BCUT2D eigenvalue weighted by Gasteiger charge is -2.55. The Morgan fingerprint density at radius 1 is 1.09 bits per heavy atom. The lowest BCUT2D eigenvalue weighted by molar-refractivity contribution is -0.205. The molecule has 5 heteroatoms. The zero-order chi connectivity index (χ0) is 23.3. The number of halogens is 3.